The van der Waals surface area contributed by atoms with Gasteiger partial charge < -0.3 is 0 Å². The third-order valence-electron chi connectivity index (χ3n) is 5.00. The zero-order valence-corrected chi connectivity index (χ0v) is 17.4. The van der Waals surface area contributed by atoms with E-state index in [1.165, 1.54) is 10.4 Å². The third-order valence-corrected chi connectivity index (χ3v) is 7.99. The van der Waals surface area contributed by atoms with Crippen molar-refractivity contribution in [3.8, 4) is 0 Å². The minimum Gasteiger partial charge on any atom is -0.207 e. The first-order chi connectivity index (χ1) is 12.6. The Morgan fingerprint density at radius 3 is 2.44 bits per heavy atom. The van der Waals surface area contributed by atoms with Crippen LogP contribution in [0.5, 0.6) is 0 Å². The quantitative estimate of drug-likeness (QED) is 0.526. The minimum absolute atomic E-state index is 0.0924. The molecule has 0 saturated carbocycles. The lowest BCUT2D eigenvalue weighted by Gasteiger charge is -2.35. The van der Waals surface area contributed by atoms with Crippen molar-refractivity contribution < 1.29 is 21.6 Å². The summed E-state index contributed by atoms with van der Waals surface area (Å²) in [6, 6.07) is 3.01. The molecule has 0 radical (unpaired) electrons. The summed E-state index contributed by atoms with van der Waals surface area (Å²) in [7, 11) is -3.98. The molecule has 1 saturated heterocycles. The van der Waals surface area contributed by atoms with Crippen molar-refractivity contribution in [3.05, 3.63) is 51.5 Å². The molecule has 3 rings (SSSR count). The molecule has 0 spiro atoms. The molecule has 1 aromatic carbocycles. The van der Waals surface area contributed by atoms with E-state index >= 15 is 0 Å². The number of nitrogens with zero attached hydrogens (tertiary/aromatic N) is 1. The number of rotatable bonds is 3. The highest BCUT2D eigenvalue weighted by molar-refractivity contribution is 9.10. The van der Waals surface area contributed by atoms with E-state index in [0.29, 0.717) is 18.9 Å². The minimum atomic E-state index is -4.63. The smallest absolute Gasteiger partial charge is 0.207 e. The molecule has 1 unspecified atom stereocenters. The van der Waals surface area contributed by atoms with Gasteiger partial charge in [0.05, 0.1) is 10.5 Å². The summed E-state index contributed by atoms with van der Waals surface area (Å²) in [5, 5.41) is 0.779. The monoisotopic (exact) mass is 483 g/mol. The third kappa shape index (κ3) is 4.44. The van der Waals surface area contributed by atoms with Crippen LogP contribution in [-0.2, 0) is 16.2 Å². The van der Waals surface area contributed by atoms with Gasteiger partial charge in [-0.2, -0.15) is 17.5 Å². The molecule has 27 heavy (non-hydrogen) atoms. The van der Waals surface area contributed by atoms with Crippen molar-refractivity contribution >= 4 is 37.6 Å². The molecule has 2 aliphatic rings. The first kappa shape index (κ1) is 20.9. The lowest BCUT2D eigenvalue weighted by molar-refractivity contribution is -0.138. The van der Waals surface area contributed by atoms with E-state index < -0.39 is 21.8 Å². The molecule has 0 amide bonds. The number of benzene rings is 1. The van der Waals surface area contributed by atoms with Gasteiger partial charge in [0.1, 0.15) is 0 Å². The Bertz CT molecular complexity index is 875. The molecule has 0 N–H and O–H groups in total. The van der Waals surface area contributed by atoms with Crippen molar-refractivity contribution in [3.63, 3.8) is 0 Å². The van der Waals surface area contributed by atoms with Crippen LogP contribution in [0, 0.1) is 11.8 Å². The Morgan fingerprint density at radius 1 is 1.19 bits per heavy atom. The molecule has 1 atom stereocenters. The highest BCUT2D eigenvalue weighted by atomic mass is 79.9. The summed E-state index contributed by atoms with van der Waals surface area (Å²) >= 11 is 9.11. The SMILES string of the molecule is O=S(=O)(c1ccc(Br)c(C(F)(F)F)c1)N1CCC(C2C=CCC=C2Cl)CC1. The molecule has 0 bridgehead atoms. The average Bonchev–Trinajstić information content (AvgIpc) is 2.61. The molecule has 9 heteroatoms. The first-order valence-electron chi connectivity index (χ1n) is 8.50. The van der Waals surface area contributed by atoms with Gasteiger partial charge in [-0.25, -0.2) is 8.42 Å². The Morgan fingerprint density at radius 2 is 1.85 bits per heavy atom. The van der Waals surface area contributed by atoms with Crippen molar-refractivity contribution in [2.45, 2.75) is 30.3 Å². The van der Waals surface area contributed by atoms with Gasteiger partial charge in [0.15, 0.2) is 0 Å². The maximum atomic E-state index is 13.1. The fraction of sp³-hybridized carbons (Fsp3) is 0.444. The number of halogens is 5. The molecular weight excluding hydrogens is 467 g/mol. The van der Waals surface area contributed by atoms with E-state index in [0.717, 1.165) is 17.5 Å². The fourth-order valence-corrected chi connectivity index (χ4v) is 5.83. The molecule has 0 aromatic heterocycles. The summed E-state index contributed by atoms with van der Waals surface area (Å²) in [6.07, 6.45) is 3.45. The van der Waals surface area contributed by atoms with Gasteiger partial charge in [-0.05, 0) is 43.4 Å². The highest BCUT2D eigenvalue weighted by Gasteiger charge is 2.37. The van der Waals surface area contributed by atoms with E-state index in [2.05, 4.69) is 22.0 Å². The van der Waals surface area contributed by atoms with Crippen LogP contribution in [0.2, 0.25) is 0 Å². The number of allylic oxidation sites excluding steroid dienone is 4. The van der Waals surface area contributed by atoms with E-state index in [4.69, 9.17) is 11.6 Å². The predicted octanol–water partition coefficient (Wildman–Crippen LogP) is 5.57. The molecule has 1 heterocycles. The number of piperidine rings is 1. The van der Waals surface area contributed by atoms with Crippen LogP contribution >= 0.6 is 27.5 Å². The van der Waals surface area contributed by atoms with E-state index in [1.807, 2.05) is 12.2 Å². The highest BCUT2D eigenvalue weighted by Crippen LogP contribution is 2.38. The van der Waals surface area contributed by atoms with Crippen LogP contribution in [0.1, 0.15) is 24.8 Å². The Balaban J connectivity index is 1.77. The number of sulfonamides is 1. The van der Waals surface area contributed by atoms with Crippen LogP contribution in [0.25, 0.3) is 0 Å². The lowest BCUT2D eigenvalue weighted by atomic mass is 9.82. The second kappa shape index (κ2) is 7.89. The van der Waals surface area contributed by atoms with E-state index in [1.54, 1.807) is 0 Å². The van der Waals surface area contributed by atoms with Gasteiger partial charge in [0, 0.05) is 28.5 Å². The first-order valence-corrected chi connectivity index (χ1v) is 11.1. The van der Waals surface area contributed by atoms with Crippen molar-refractivity contribution in [2.24, 2.45) is 11.8 Å². The summed E-state index contributed by atoms with van der Waals surface area (Å²) in [5.74, 6) is 0.321. The van der Waals surface area contributed by atoms with Gasteiger partial charge in [-0.1, -0.05) is 45.8 Å². The number of hydrogen-bond acceptors (Lipinski definition) is 2. The summed E-state index contributed by atoms with van der Waals surface area (Å²) in [4.78, 5) is -0.341. The molecule has 1 aromatic rings. The molecule has 1 aliphatic carbocycles. The van der Waals surface area contributed by atoms with Crippen LogP contribution < -0.4 is 0 Å². The van der Waals surface area contributed by atoms with Gasteiger partial charge in [-0.3, -0.25) is 0 Å². The van der Waals surface area contributed by atoms with Crippen LogP contribution in [0.15, 0.2) is 50.8 Å². The molecular formula is C18H18BrClF3NO2S. The summed E-state index contributed by atoms with van der Waals surface area (Å²) in [6.45, 7) is 0.526. The molecule has 1 fully saturated rings. The zero-order valence-electron chi connectivity index (χ0n) is 14.2. The Kier molecular flexibility index (Phi) is 6.11. The van der Waals surface area contributed by atoms with Gasteiger partial charge in [0.2, 0.25) is 10.0 Å². The Labute approximate surface area is 170 Å². The van der Waals surface area contributed by atoms with Gasteiger partial charge >= 0.3 is 6.18 Å². The molecule has 3 nitrogen and oxygen atoms in total. The van der Waals surface area contributed by atoms with E-state index in [9.17, 15) is 21.6 Å². The van der Waals surface area contributed by atoms with Crippen molar-refractivity contribution in [2.75, 3.05) is 13.1 Å². The van der Waals surface area contributed by atoms with Gasteiger partial charge in [-0.15, -0.1) is 0 Å². The number of hydrogen-bond donors (Lipinski definition) is 0. The second-order valence-electron chi connectivity index (χ2n) is 6.66. The van der Waals surface area contributed by atoms with Crippen molar-refractivity contribution in [1.29, 1.82) is 0 Å². The topological polar surface area (TPSA) is 37.4 Å². The number of alkyl halides is 3. The maximum Gasteiger partial charge on any atom is 0.417 e. The zero-order chi connectivity index (χ0) is 19.8. The van der Waals surface area contributed by atoms with E-state index in [-0.39, 0.29) is 34.3 Å². The van der Waals surface area contributed by atoms with Crippen LogP contribution in [0.3, 0.4) is 0 Å². The average molecular weight is 485 g/mol. The lowest BCUT2D eigenvalue weighted by Crippen LogP contribution is -2.40. The maximum absolute atomic E-state index is 13.1. The van der Waals surface area contributed by atoms with Gasteiger partial charge in [0.25, 0.3) is 0 Å². The normalized spacial score (nSPS) is 22.7. The predicted molar refractivity (Wildman–Crippen MR) is 102 cm³/mol. The van der Waals surface area contributed by atoms with Crippen LogP contribution in [0.4, 0.5) is 13.2 Å². The fourth-order valence-electron chi connectivity index (χ4n) is 3.52. The summed E-state index contributed by atoms with van der Waals surface area (Å²) in [5.41, 5.74) is -0.997. The van der Waals surface area contributed by atoms with Crippen molar-refractivity contribution in [1.82, 2.24) is 4.31 Å². The second-order valence-corrected chi connectivity index (χ2v) is 9.89. The van der Waals surface area contributed by atoms with Crippen LogP contribution in [-0.4, -0.2) is 25.8 Å². The Hall–Kier alpha value is -0.830. The molecule has 1 aliphatic heterocycles. The largest absolute Gasteiger partial charge is 0.417 e. The molecule has 148 valence electrons. The summed E-state index contributed by atoms with van der Waals surface area (Å²) < 4.78 is 66.0. The standard InChI is InChI=1S/C18H18BrClF3NO2S/c19-16-6-5-13(11-15(16)18(21,22)23)27(25,26)24-9-7-12(8-10-24)14-3-1-2-4-17(14)20/h1,3-6,11-12,14H,2,7-10H2.